The molecule has 1 aromatic heterocycles. The molecule has 33 heavy (non-hydrogen) atoms. The molecule has 0 aliphatic rings. The van der Waals surface area contributed by atoms with Crippen molar-refractivity contribution in [1.82, 2.24) is 10.2 Å². The zero-order valence-electron chi connectivity index (χ0n) is 19.4. The summed E-state index contributed by atoms with van der Waals surface area (Å²) in [6.07, 6.45) is 0. The van der Waals surface area contributed by atoms with E-state index in [0.717, 1.165) is 33.3 Å². The van der Waals surface area contributed by atoms with Crippen molar-refractivity contribution in [3.05, 3.63) is 42.5 Å². The maximum atomic E-state index is 5.52. The molecule has 0 radical (unpaired) electrons. The maximum absolute atomic E-state index is 5.52. The Hall–Kier alpha value is -4.07. The van der Waals surface area contributed by atoms with Crippen LogP contribution in [0.25, 0.3) is 33.3 Å². The number of H-pyrrole nitrogens is 1. The predicted molar refractivity (Wildman–Crippen MR) is 126 cm³/mol. The van der Waals surface area contributed by atoms with Crippen LogP contribution in [0.2, 0.25) is 0 Å². The molecule has 4 rings (SSSR count). The van der Waals surface area contributed by atoms with Crippen LogP contribution in [0.5, 0.6) is 34.5 Å². The van der Waals surface area contributed by atoms with E-state index in [1.54, 1.807) is 42.7 Å². The van der Waals surface area contributed by atoms with Gasteiger partial charge in [-0.3, -0.25) is 5.10 Å². The summed E-state index contributed by atoms with van der Waals surface area (Å²) in [6, 6.07) is 13.7. The van der Waals surface area contributed by atoms with Crippen LogP contribution in [0.1, 0.15) is 0 Å². The molecule has 0 atom stereocenters. The summed E-state index contributed by atoms with van der Waals surface area (Å²) in [7, 11) is 9.54. The molecule has 3 aromatic carbocycles. The zero-order chi connectivity index (χ0) is 23.5. The van der Waals surface area contributed by atoms with Gasteiger partial charge in [0, 0.05) is 10.9 Å². The van der Waals surface area contributed by atoms with Gasteiger partial charge in [-0.15, -0.1) is 0 Å². The van der Waals surface area contributed by atoms with Crippen molar-refractivity contribution in [3.63, 3.8) is 0 Å². The van der Waals surface area contributed by atoms with Gasteiger partial charge < -0.3 is 28.4 Å². The third kappa shape index (κ3) is 3.84. The molecule has 0 aliphatic carbocycles. The molecule has 0 fully saturated rings. The lowest BCUT2D eigenvalue weighted by Crippen LogP contribution is -1.96. The lowest BCUT2D eigenvalue weighted by molar-refractivity contribution is 0.324. The van der Waals surface area contributed by atoms with Crippen molar-refractivity contribution in [1.29, 1.82) is 0 Å². The van der Waals surface area contributed by atoms with Crippen molar-refractivity contribution in [2.24, 2.45) is 0 Å². The molecule has 0 bridgehead atoms. The first kappa shape index (κ1) is 22.1. The summed E-state index contributed by atoms with van der Waals surface area (Å²) in [6.45, 7) is 0. The van der Waals surface area contributed by atoms with Crippen molar-refractivity contribution in [3.8, 4) is 56.9 Å². The Morgan fingerprint density at radius 3 is 1.48 bits per heavy atom. The van der Waals surface area contributed by atoms with Crippen molar-refractivity contribution in [2.75, 3.05) is 42.7 Å². The molecule has 0 unspecified atom stereocenters. The molecule has 1 N–H and O–H groups in total. The van der Waals surface area contributed by atoms with Gasteiger partial charge in [0.25, 0.3) is 0 Å². The third-order valence-electron chi connectivity index (χ3n) is 5.50. The largest absolute Gasteiger partial charge is 0.493 e. The summed E-state index contributed by atoms with van der Waals surface area (Å²) in [4.78, 5) is 0. The van der Waals surface area contributed by atoms with E-state index in [1.165, 1.54) is 0 Å². The fourth-order valence-electron chi connectivity index (χ4n) is 3.88. The number of benzene rings is 3. The van der Waals surface area contributed by atoms with Crippen molar-refractivity contribution < 1.29 is 28.4 Å². The molecule has 8 heteroatoms. The van der Waals surface area contributed by atoms with Gasteiger partial charge in [-0.05, 0) is 47.5 Å². The van der Waals surface area contributed by atoms with E-state index in [0.29, 0.717) is 34.5 Å². The minimum absolute atomic E-state index is 0.529. The maximum Gasteiger partial charge on any atom is 0.203 e. The van der Waals surface area contributed by atoms with Crippen LogP contribution in [-0.4, -0.2) is 52.9 Å². The highest BCUT2D eigenvalue weighted by Gasteiger charge is 2.19. The number of nitrogens with zero attached hydrogens (tertiary/aromatic N) is 1. The molecule has 172 valence electrons. The average molecular weight is 450 g/mol. The van der Waals surface area contributed by atoms with E-state index in [2.05, 4.69) is 16.3 Å². The number of rotatable bonds is 8. The Morgan fingerprint density at radius 1 is 0.545 bits per heavy atom. The minimum Gasteiger partial charge on any atom is -0.493 e. The smallest absolute Gasteiger partial charge is 0.203 e. The van der Waals surface area contributed by atoms with E-state index in [-0.39, 0.29) is 0 Å². The highest BCUT2D eigenvalue weighted by Crippen LogP contribution is 2.44. The molecule has 4 aromatic rings. The molecule has 0 spiro atoms. The van der Waals surface area contributed by atoms with E-state index >= 15 is 0 Å². The second-order valence-electron chi connectivity index (χ2n) is 7.16. The second kappa shape index (κ2) is 9.20. The van der Waals surface area contributed by atoms with E-state index < -0.39 is 0 Å². The minimum atomic E-state index is 0.529. The summed E-state index contributed by atoms with van der Waals surface area (Å²) < 4.78 is 33.0. The van der Waals surface area contributed by atoms with Gasteiger partial charge in [-0.2, -0.15) is 5.10 Å². The Labute approximate surface area is 191 Å². The second-order valence-corrected chi connectivity index (χ2v) is 7.16. The van der Waals surface area contributed by atoms with Crippen LogP contribution in [-0.2, 0) is 0 Å². The molecular formula is C25H26N2O6. The van der Waals surface area contributed by atoms with Gasteiger partial charge >= 0.3 is 0 Å². The SMILES string of the molecule is COc1cc(-c2ccc3[nH]nc(-c4cc(OC)c(OC)c(OC)c4)c3c2)cc(OC)c1OC. The number of ether oxygens (including phenoxy) is 6. The van der Waals surface area contributed by atoms with Gasteiger partial charge in [0.1, 0.15) is 5.69 Å². The van der Waals surface area contributed by atoms with Crippen LogP contribution < -0.4 is 28.4 Å². The lowest BCUT2D eigenvalue weighted by atomic mass is 10.00. The Kier molecular flexibility index (Phi) is 6.17. The highest BCUT2D eigenvalue weighted by molar-refractivity contribution is 5.96. The van der Waals surface area contributed by atoms with Crippen molar-refractivity contribution in [2.45, 2.75) is 0 Å². The number of nitrogens with one attached hydrogen (secondary N) is 1. The van der Waals surface area contributed by atoms with Crippen LogP contribution in [0, 0.1) is 0 Å². The third-order valence-corrected chi connectivity index (χ3v) is 5.50. The topological polar surface area (TPSA) is 84.1 Å². The standard InChI is InChI=1S/C25H26N2O6/c1-28-19-10-15(11-20(29-2)24(19)32-5)14-7-8-18-17(9-14)23(27-26-18)16-12-21(30-3)25(33-6)22(13-16)31-4/h7-13H,1-6H3,(H,26,27). The van der Waals surface area contributed by atoms with Crippen LogP contribution in [0.15, 0.2) is 42.5 Å². The lowest BCUT2D eigenvalue weighted by Gasteiger charge is -2.14. The average Bonchev–Trinajstić information content (AvgIpc) is 3.29. The first-order chi connectivity index (χ1) is 16.1. The monoisotopic (exact) mass is 450 g/mol. The molecule has 0 aliphatic heterocycles. The normalized spacial score (nSPS) is 10.7. The highest BCUT2D eigenvalue weighted by atomic mass is 16.5. The van der Waals surface area contributed by atoms with Crippen LogP contribution >= 0.6 is 0 Å². The summed E-state index contributed by atoms with van der Waals surface area (Å²) in [5.74, 6) is 3.37. The predicted octanol–water partition coefficient (Wildman–Crippen LogP) is 4.95. The van der Waals surface area contributed by atoms with Gasteiger partial charge in [-0.25, -0.2) is 0 Å². The summed E-state index contributed by atoms with van der Waals surface area (Å²) >= 11 is 0. The summed E-state index contributed by atoms with van der Waals surface area (Å²) in [5.41, 5.74) is 4.38. The molecule has 8 nitrogen and oxygen atoms in total. The number of hydrogen-bond donors (Lipinski definition) is 1. The number of fused-ring (bicyclic) bond motifs is 1. The fraction of sp³-hybridized carbons (Fsp3) is 0.240. The Balaban J connectivity index is 1.88. The molecule has 1 heterocycles. The quantitative estimate of drug-likeness (QED) is 0.407. The molecular weight excluding hydrogens is 424 g/mol. The summed E-state index contributed by atoms with van der Waals surface area (Å²) in [5, 5.41) is 8.60. The number of hydrogen-bond acceptors (Lipinski definition) is 7. The number of methoxy groups -OCH3 is 6. The zero-order valence-corrected chi connectivity index (χ0v) is 19.4. The molecule has 0 saturated heterocycles. The van der Waals surface area contributed by atoms with Crippen LogP contribution in [0.3, 0.4) is 0 Å². The Morgan fingerprint density at radius 2 is 1.03 bits per heavy atom. The molecule has 0 amide bonds. The van der Waals surface area contributed by atoms with Crippen LogP contribution in [0.4, 0.5) is 0 Å². The van der Waals surface area contributed by atoms with Gasteiger partial charge in [0.15, 0.2) is 23.0 Å². The number of aromatic amines is 1. The van der Waals surface area contributed by atoms with E-state index in [1.807, 2.05) is 36.4 Å². The van der Waals surface area contributed by atoms with Gasteiger partial charge in [-0.1, -0.05) is 6.07 Å². The molecule has 0 saturated carbocycles. The number of aromatic nitrogens is 2. The Bertz CT molecular complexity index is 1250. The van der Waals surface area contributed by atoms with E-state index in [4.69, 9.17) is 28.4 Å². The fourth-order valence-corrected chi connectivity index (χ4v) is 3.88. The first-order valence-electron chi connectivity index (χ1n) is 10.2. The van der Waals surface area contributed by atoms with Crippen molar-refractivity contribution >= 4 is 10.9 Å². The first-order valence-corrected chi connectivity index (χ1v) is 10.2. The van der Waals surface area contributed by atoms with Gasteiger partial charge in [0.05, 0.1) is 48.2 Å². The van der Waals surface area contributed by atoms with Gasteiger partial charge in [0.2, 0.25) is 11.5 Å². The van der Waals surface area contributed by atoms with E-state index in [9.17, 15) is 0 Å².